The van der Waals surface area contributed by atoms with Gasteiger partial charge in [0.25, 0.3) is 0 Å². The van der Waals surface area contributed by atoms with E-state index >= 15 is 0 Å². The number of hydrogen-bond acceptors (Lipinski definition) is 1. The number of hydrogen-bond donors (Lipinski definition) is 0. The van der Waals surface area contributed by atoms with Gasteiger partial charge in [-0.05, 0) is 61.1 Å². The fraction of sp³-hybridized carbons (Fsp3) is 0.769. The van der Waals surface area contributed by atoms with Crippen molar-refractivity contribution in [2.45, 2.75) is 102 Å². The van der Waals surface area contributed by atoms with Crippen LogP contribution in [0.2, 0.25) is 18.1 Å². The first kappa shape index (κ1) is 24.7. The van der Waals surface area contributed by atoms with Gasteiger partial charge in [0.05, 0.1) is 0 Å². The second kappa shape index (κ2) is 12.3. The van der Waals surface area contributed by atoms with Crippen LogP contribution in [0.25, 0.3) is 0 Å². The molecule has 5 heteroatoms. The van der Waals surface area contributed by atoms with E-state index in [9.17, 15) is 13.2 Å². The van der Waals surface area contributed by atoms with Gasteiger partial charge in [0.15, 0.2) is 6.61 Å². The SMILES string of the molecule is CCCCC[SiH]1CCC(C2CCC(CCc3ccc(OCC(F)(F)F)cc3)CC2)CC1. The Morgan fingerprint density at radius 1 is 0.903 bits per heavy atom. The van der Waals surface area contributed by atoms with Crippen molar-refractivity contribution in [2.24, 2.45) is 17.8 Å². The number of unbranched alkanes of at least 4 members (excludes halogenated alkanes) is 2. The molecule has 3 rings (SSSR count). The van der Waals surface area contributed by atoms with E-state index in [1.54, 1.807) is 30.3 Å². The summed E-state index contributed by atoms with van der Waals surface area (Å²) in [6.45, 7) is 1.08. The minimum atomic E-state index is -4.28. The van der Waals surface area contributed by atoms with Gasteiger partial charge < -0.3 is 4.74 Å². The van der Waals surface area contributed by atoms with E-state index in [0.29, 0.717) is 5.75 Å². The molecule has 0 radical (unpaired) electrons. The largest absolute Gasteiger partial charge is 0.484 e. The van der Waals surface area contributed by atoms with E-state index in [4.69, 9.17) is 4.74 Å². The Morgan fingerprint density at radius 2 is 1.55 bits per heavy atom. The lowest BCUT2D eigenvalue weighted by atomic mass is 9.73. The Kier molecular flexibility index (Phi) is 9.80. The third kappa shape index (κ3) is 8.82. The second-order valence-electron chi connectivity index (χ2n) is 10.1. The van der Waals surface area contributed by atoms with Crippen LogP contribution in [-0.2, 0) is 6.42 Å². The highest BCUT2D eigenvalue weighted by molar-refractivity contribution is 6.58. The van der Waals surface area contributed by atoms with E-state index in [2.05, 4.69) is 6.92 Å². The van der Waals surface area contributed by atoms with Gasteiger partial charge in [0, 0.05) is 8.80 Å². The van der Waals surface area contributed by atoms with E-state index in [1.807, 2.05) is 12.1 Å². The molecule has 1 saturated heterocycles. The molecule has 176 valence electrons. The highest BCUT2D eigenvalue weighted by atomic mass is 28.3. The zero-order valence-electron chi connectivity index (χ0n) is 19.3. The van der Waals surface area contributed by atoms with Gasteiger partial charge in [-0.15, -0.1) is 0 Å². The zero-order valence-corrected chi connectivity index (χ0v) is 20.4. The molecule has 0 N–H and O–H groups in total. The van der Waals surface area contributed by atoms with Gasteiger partial charge in [0.2, 0.25) is 0 Å². The molecule has 31 heavy (non-hydrogen) atoms. The normalized spacial score (nSPS) is 27.2. The summed E-state index contributed by atoms with van der Waals surface area (Å²) >= 11 is 0. The molecule has 0 spiro atoms. The van der Waals surface area contributed by atoms with Gasteiger partial charge in [0.1, 0.15) is 5.75 Å². The predicted octanol–water partition coefficient (Wildman–Crippen LogP) is 8.19. The molecule has 1 heterocycles. The molecule has 0 unspecified atom stereocenters. The Bertz CT molecular complexity index is 615. The van der Waals surface area contributed by atoms with Gasteiger partial charge in [-0.3, -0.25) is 0 Å². The molecule has 2 aliphatic rings. The number of benzene rings is 1. The fourth-order valence-corrected chi connectivity index (χ4v) is 9.40. The van der Waals surface area contributed by atoms with E-state index in [-0.39, 0.29) is 0 Å². The molecule has 0 amide bonds. The molecule has 1 aromatic rings. The van der Waals surface area contributed by atoms with Gasteiger partial charge >= 0.3 is 6.18 Å². The Labute approximate surface area is 188 Å². The minimum Gasteiger partial charge on any atom is -0.484 e. The van der Waals surface area contributed by atoms with E-state index < -0.39 is 21.6 Å². The summed E-state index contributed by atoms with van der Waals surface area (Å²) in [6, 6.07) is 12.0. The number of rotatable bonds is 10. The first-order valence-electron chi connectivity index (χ1n) is 12.7. The molecular formula is C26H41F3OSi. The summed E-state index contributed by atoms with van der Waals surface area (Å²) in [5, 5.41) is 0. The monoisotopic (exact) mass is 454 g/mol. The van der Waals surface area contributed by atoms with Crippen molar-refractivity contribution in [3.63, 3.8) is 0 Å². The highest BCUT2D eigenvalue weighted by Crippen LogP contribution is 2.42. The van der Waals surface area contributed by atoms with Crippen LogP contribution in [-0.4, -0.2) is 21.6 Å². The Hall–Kier alpha value is -0.973. The molecule has 1 aliphatic heterocycles. The third-order valence-electron chi connectivity index (χ3n) is 7.83. The molecule has 1 saturated carbocycles. The van der Waals surface area contributed by atoms with Gasteiger partial charge in [-0.1, -0.05) is 82.1 Å². The van der Waals surface area contributed by atoms with Crippen LogP contribution in [0.1, 0.15) is 76.7 Å². The Balaban J connectivity index is 1.31. The molecule has 0 aromatic heterocycles. The van der Waals surface area contributed by atoms with Crippen LogP contribution in [0.3, 0.4) is 0 Å². The summed E-state index contributed by atoms with van der Waals surface area (Å²) in [5.41, 5.74) is 1.20. The van der Waals surface area contributed by atoms with Crippen molar-refractivity contribution in [3.8, 4) is 5.75 Å². The molecule has 1 nitrogen and oxygen atoms in total. The molecule has 1 aromatic carbocycles. The van der Waals surface area contributed by atoms with Crippen LogP contribution >= 0.6 is 0 Å². The average Bonchev–Trinajstić information content (AvgIpc) is 2.77. The molecule has 0 atom stereocenters. The quantitative estimate of drug-likeness (QED) is 0.256. The number of aryl methyl sites for hydroxylation is 1. The number of halogens is 3. The summed E-state index contributed by atoms with van der Waals surface area (Å²) < 4.78 is 41.5. The van der Waals surface area contributed by atoms with Crippen LogP contribution in [0.5, 0.6) is 5.75 Å². The van der Waals surface area contributed by atoms with Crippen LogP contribution in [0, 0.1) is 17.8 Å². The summed E-state index contributed by atoms with van der Waals surface area (Å²) in [7, 11) is -0.391. The summed E-state index contributed by atoms with van der Waals surface area (Å²) in [4.78, 5) is 0. The summed E-state index contributed by atoms with van der Waals surface area (Å²) in [6.07, 6.45) is 10.8. The predicted molar refractivity (Wildman–Crippen MR) is 126 cm³/mol. The van der Waals surface area contributed by atoms with Crippen molar-refractivity contribution < 1.29 is 17.9 Å². The smallest absolute Gasteiger partial charge is 0.422 e. The standard InChI is InChI=1S/C26H41F3OSi/c1-2-3-4-17-31-18-15-24(16-19-31)23-11-7-21(8-12-23)5-6-22-9-13-25(14-10-22)30-20-26(27,28)29/h9-10,13-14,21,23-24,31H,2-8,11-12,15-20H2,1H3. The van der Waals surface area contributed by atoms with Crippen molar-refractivity contribution in [3.05, 3.63) is 29.8 Å². The van der Waals surface area contributed by atoms with Crippen molar-refractivity contribution in [1.82, 2.24) is 0 Å². The fourth-order valence-electron chi connectivity index (χ4n) is 5.87. The van der Waals surface area contributed by atoms with Crippen LogP contribution in [0.15, 0.2) is 24.3 Å². The number of ether oxygens (including phenoxy) is 1. The lowest BCUT2D eigenvalue weighted by Crippen LogP contribution is -2.28. The van der Waals surface area contributed by atoms with E-state index in [0.717, 1.165) is 24.2 Å². The molecule has 2 fully saturated rings. The van der Waals surface area contributed by atoms with Gasteiger partial charge in [-0.25, -0.2) is 0 Å². The average molecular weight is 455 g/mol. The maximum absolute atomic E-state index is 12.2. The zero-order chi connectivity index (χ0) is 22.1. The lowest BCUT2D eigenvalue weighted by molar-refractivity contribution is -0.153. The lowest BCUT2D eigenvalue weighted by Gasteiger charge is -2.37. The maximum atomic E-state index is 12.2. The van der Waals surface area contributed by atoms with Crippen LogP contribution < -0.4 is 4.74 Å². The highest BCUT2D eigenvalue weighted by Gasteiger charge is 2.31. The van der Waals surface area contributed by atoms with Crippen molar-refractivity contribution >= 4 is 8.80 Å². The summed E-state index contributed by atoms with van der Waals surface area (Å²) in [5.74, 6) is 3.11. The van der Waals surface area contributed by atoms with Crippen molar-refractivity contribution in [1.29, 1.82) is 0 Å². The maximum Gasteiger partial charge on any atom is 0.422 e. The molecule has 1 aliphatic carbocycles. The molecule has 0 bridgehead atoms. The van der Waals surface area contributed by atoms with Gasteiger partial charge in [-0.2, -0.15) is 13.2 Å². The van der Waals surface area contributed by atoms with Crippen molar-refractivity contribution in [2.75, 3.05) is 6.61 Å². The minimum absolute atomic E-state index is 0.296. The first-order chi connectivity index (χ1) is 14.9. The second-order valence-corrected chi connectivity index (χ2v) is 13.6. The topological polar surface area (TPSA) is 9.23 Å². The molecular weight excluding hydrogens is 413 g/mol. The van der Waals surface area contributed by atoms with Crippen LogP contribution in [0.4, 0.5) is 13.2 Å². The Morgan fingerprint density at radius 3 is 2.16 bits per heavy atom. The third-order valence-corrected chi connectivity index (χ3v) is 11.4. The number of alkyl halides is 3. The van der Waals surface area contributed by atoms with E-state index in [1.165, 1.54) is 69.8 Å². The first-order valence-corrected chi connectivity index (χ1v) is 15.2.